The Morgan fingerprint density at radius 3 is 2.12 bits per heavy atom. The molecule has 1 aliphatic rings. The first kappa shape index (κ1) is 19.9. The first-order valence-corrected chi connectivity index (χ1v) is 10.5. The molecule has 0 atom stereocenters. The van der Waals surface area contributed by atoms with Crippen molar-refractivity contribution in [3.8, 4) is 0 Å². The van der Waals surface area contributed by atoms with Crippen LogP contribution in [0.2, 0.25) is 0 Å². The molecule has 0 unspecified atom stereocenters. The van der Waals surface area contributed by atoms with Crippen LogP contribution in [0.25, 0.3) is 0 Å². The summed E-state index contributed by atoms with van der Waals surface area (Å²) < 4.78 is 27.0. The summed E-state index contributed by atoms with van der Waals surface area (Å²) >= 11 is 0. The van der Waals surface area contributed by atoms with E-state index in [1.807, 2.05) is 13.8 Å². The van der Waals surface area contributed by atoms with Gasteiger partial charge in [0.05, 0.1) is 4.90 Å². The van der Waals surface area contributed by atoms with E-state index in [4.69, 9.17) is 5.73 Å². The molecule has 0 aliphatic carbocycles. The van der Waals surface area contributed by atoms with Crippen LogP contribution in [0.15, 0.2) is 29.2 Å². The third kappa shape index (κ3) is 4.80. The Morgan fingerprint density at radius 1 is 1.12 bits per heavy atom. The number of piperidine rings is 1. The van der Waals surface area contributed by atoms with Gasteiger partial charge in [-0.15, -0.1) is 0 Å². The molecule has 0 spiro atoms. The second-order valence-electron chi connectivity index (χ2n) is 6.56. The monoisotopic (exact) mass is 367 g/mol. The van der Waals surface area contributed by atoms with Gasteiger partial charge in [-0.1, -0.05) is 13.8 Å². The van der Waals surface area contributed by atoms with Crippen molar-refractivity contribution in [2.75, 3.05) is 26.2 Å². The Morgan fingerprint density at radius 2 is 1.64 bits per heavy atom. The van der Waals surface area contributed by atoms with Crippen molar-refractivity contribution in [1.82, 2.24) is 9.21 Å². The standard InChI is InChI=1S/C18H29N3O3S/c1-3-11-21(12-4-2)25(23,24)17-7-5-15(6-8-17)18(22)20-13-9-16(19)10-14-20/h5-8,16H,3-4,9-14,19H2,1-2H3. The molecule has 1 amide bonds. The lowest BCUT2D eigenvalue weighted by atomic mass is 10.1. The van der Waals surface area contributed by atoms with Crippen LogP contribution in [-0.2, 0) is 10.0 Å². The molecule has 0 saturated carbocycles. The number of carbonyl (C=O) groups excluding carboxylic acids is 1. The van der Waals surface area contributed by atoms with Crippen molar-refractivity contribution >= 4 is 15.9 Å². The Balaban J connectivity index is 2.14. The topological polar surface area (TPSA) is 83.7 Å². The lowest BCUT2D eigenvalue weighted by Gasteiger charge is -2.30. The van der Waals surface area contributed by atoms with Gasteiger partial charge in [-0.2, -0.15) is 4.31 Å². The van der Waals surface area contributed by atoms with E-state index < -0.39 is 10.0 Å². The number of hydrogen-bond acceptors (Lipinski definition) is 4. The average molecular weight is 368 g/mol. The summed E-state index contributed by atoms with van der Waals surface area (Å²) in [5.41, 5.74) is 6.39. The summed E-state index contributed by atoms with van der Waals surface area (Å²) in [5.74, 6) is -0.0604. The Labute approximate surface area is 151 Å². The molecule has 0 radical (unpaired) electrons. The summed E-state index contributed by atoms with van der Waals surface area (Å²) in [4.78, 5) is 14.6. The maximum atomic E-state index is 12.7. The highest BCUT2D eigenvalue weighted by molar-refractivity contribution is 7.89. The predicted molar refractivity (Wildman–Crippen MR) is 98.9 cm³/mol. The van der Waals surface area contributed by atoms with Gasteiger partial charge in [-0.3, -0.25) is 4.79 Å². The Kier molecular flexibility index (Phi) is 6.98. The third-order valence-electron chi connectivity index (χ3n) is 4.51. The smallest absolute Gasteiger partial charge is 0.253 e. The number of nitrogens with two attached hydrogens (primary N) is 1. The summed E-state index contributed by atoms with van der Waals surface area (Å²) in [6.07, 6.45) is 3.15. The van der Waals surface area contributed by atoms with Crippen molar-refractivity contribution in [2.45, 2.75) is 50.5 Å². The maximum absolute atomic E-state index is 12.7. The van der Waals surface area contributed by atoms with E-state index >= 15 is 0 Å². The normalized spacial score (nSPS) is 16.4. The number of benzene rings is 1. The fourth-order valence-corrected chi connectivity index (χ4v) is 4.68. The SMILES string of the molecule is CCCN(CCC)S(=O)(=O)c1ccc(C(=O)N2CCC(N)CC2)cc1. The molecule has 1 saturated heterocycles. The van der Waals surface area contributed by atoms with Crippen LogP contribution in [0.5, 0.6) is 0 Å². The molecule has 6 nitrogen and oxygen atoms in total. The third-order valence-corrected chi connectivity index (χ3v) is 6.42. The van der Waals surface area contributed by atoms with E-state index in [1.165, 1.54) is 16.4 Å². The largest absolute Gasteiger partial charge is 0.339 e. The molecule has 1 heterocycles. The number of hydrogen-bond donors (Lipinski definition) is 1. The van der Waals surface area contributed by atoms with Crippen LogP contribution in [0.4, 0.5) is 0 Å². The summed E-state index contributed by atoms with van der Waals surface area (Å²) in [6, 6.07) is 6.46. The second kappa shape index (κ2) is 8.78. The van der Waals surface area contributed by atoms with Crippen molar-refractivity contribution in [2.24, 2.45) is 5.73 Å². The van der Waals surface area contributed by atoms with E-state index in [1.54, 1.807) is 17.0 Å². The molecule has 1 aromatic carbocycles. The first-order chi connectivity index (χ1) is 11.9. The quantitative estimate of drug-likeness (QED) is 0.799. The number of rotatable bonds is 7. The minimum Gasteiger partial charge on any atom is -0.339 e. The number of carbonyl (C=O) groups is 1. The van der Waals surface area contributed by atoms with Crippen molar-refractivity contribution < 1.29 is 13.2 Å². The maximum Gasteiger partial charge on any atom is 0.253 e. The van der Waals surface area contributed by atoms with Gasteiger partial charge in [-0.05, 0) is 49.9 Å². The highest BCUT2D eigenvalue weighted by atomic mass is 32.2. The highest BCUT2D eigenvalue weighted by Gasteiger charge is 2.25. The molecular weight excluding hydrogens is 338 g/mol. The van der Waals surface area contributed by atoms with Gasteiger partial charge in [-0.25, -0.2) is 8.42 Å². The van der Waals surface area contributed by atoms with E-state index in [2.05, 4.69) is 0 Å². The van der Waals surface area contributed by atoms with Gasteiger partial charge in [0.15, 0.2) is 0 Å². The van der Waals surface area contributed by atoms with Gasteiger partial charge < -0.3 is 10.6 Å². The van der Waals surface area contributed by atoms with Crippen LogP contribution in [0.3, 0.4) is 0 Å². The van der Waals surface area contributed by atoms with Crippen LogP contribution < -0.4 is 5.73 Å². The van der Waals surface area contributed by atoms with Crippen molar-refractivity contribution in [3.05, 3.63) is 29.8 Å². The molecule has 2 rings (SSSR count). The molecule has 140 valence electrons. The number of nitrogens with zero attached hydrogens (tertiary/aromatic N) is 2. The minimum absolute atomic E-state index is 0.0604. The molecule has 7 heteroatoms. The van der Waals surface area contributed by atoms with Crippen molar-refractivity contribution in [3.63, 3.8) is 0 Å². The fourth-order valence-electron chi connectivity index (χ4n) is 3.05. The highest BCUT2D eigenvalue weighted by Crippen LogP contribution is 2.19. The average Bonchev–Trinajstić information content (AvgIpc) is 2.61. The van der Waals surface area contributed by atoms with Crippen LogP contribution in [-0.4, -0.2) is 55.8 Å². The Hall–Kier alpha value is -1.44. The van der Waals surface area contributed by atoms with E-state index in [0.717, 1.165) is 25.7 Å². The van der Waals surface area contributed by atoms with Gasteiger partial charge in [0, 0.05) is 37.8 Å². The molecule has 1 aromatic rings. The number of sulfonamides is 1. The first-order valence-electron chi connectivity index (χ1n) is 9.05. The van der Waals surface area contributed by atoms with Crippen LogP contribution in [0.1, 0.15) is 49.9 Å². The molecular formula is C18H29N3O3S. The zero-order chi connectivity index (χ0) is 18.4. The molecule has 1 aliphatic heterocycles. The number of amides is 1. The van der Waals surface area contributed by atoms with E-state index in [9.17, 15) is 13.2 Å². The van der Waals surface area contributed by atoms with Gasteiger partial charge in [0.1, 0.15) is 0 Å². The minimum atomic E-state index is -3.51. The lowest BCUT2D eigenvalue weighted by Crippen LogP contribution is -2.42. The Bertz CT molecular complexity index is 659. The fraction of sp³-hybridized carbons (Fsp3) is 0.611. The molecule has 2 N–H and O–H groups in total. The van der Waals surface area contributed by atoms with Crippen LogP contribution in [0, 0.1) is 0 Å². The zero-order valence-corrected chi connectivity index (χ0v) is 16.0. The van der Waals surface area contributed by atoms with Gasteiger partial charge in [0.2, 0.25) is 10.0 Å². The lowest BCUT2D eigenvalue weighted by molar-refractivity contribution is 0.0714. The van der Waals surface area contributed by atoms with Gasteiger partial charge >= 0.3 is 0 Å². The van der Waals surface area contributed by atoms with Crippen LogP contribution >= 0.6 is 0 Å². The number of likely N-dealkylation sites (tertiary alicyclic amines) is 1. The summed E-state index contributed by atoms with van der Waals surface area (Å²) in [7, 11) is -3.51. The van der Waals surface area contributed by atoms with E-state index in [0.29, 0.717) is 31.7 Å². The van der Waals surface area contributed by atoms with E-state index in [-0.39, 0.29) is 16.8 Å². The molecule has 0 aromatic heterocycles. The predicted octanol–water partition coefficient (Wildman–Crippen LogP) is 2.06. The molecule has 25 heavy (non-hydrogen) atoms. The molecule has 1 fully saturated rings. The zero-order valence-electron chi connectivity index (χ0n) is 15.1. The molecule has 0 bridgehead atoms. The van der Waals surface area contributed by atoms with Gasteiger partial charge in [0.25, 0.3) is 5.91 Å². The summed E-state index contributed by atoms with van der Waals surface area (Å²) in [5, 5.41) is 0. The summed E-state index contributed by atoms with van der Waals surface area (Å²) in [6.45, 7) is 6.24. The second-order valence-corrected chi connectivity index (χ2v) is 8.50. The van der Waals surface area contributed by atoms with Crippen molar-refractivity contribution in [1.29, 1.82) is 0 Å².